The molecule has 1 aliphatic rings. The first-order valence-corrected chi connectivity index (χ1v) is 6.42. The lowest BCUT2D eigenvalue weighted by atomic mass is 9.87. The Morgan fingerprint density at radius 3 is 2.21 bits per heavy atom. The SMILES string of the molecule is COc1cc(C(F)F)c(C2CCNCC2)cc1OC. The minimum absolute atomic E-state index is 0.0598. The van der Waals surface area contributed by atoms with Crippen molar-refractivity contribution in [1.29, 1.82) is 0 Å². The van der Waals surface area contributed by atoms with Crippen LogP contribution in [0.2, 0.25) is 0 Å². The van der Waals surface area contributed by atoms with Crippen LogP contribution in [0.25, 0.3) is 0 Å². The summed E-state index contributed by atoms with van der Waals surface area (Å²) >= 11 is 0. The Morgan fingerprint density at radius 1 is 1.11 bits per heavy atom. The Labute approximate surface area is 111 Å². The molecule has 1 aliphatic heterocycles. The molecule has 0 bridgehead atoms. The van der Waals surface area contributed by atoms with E-state index in [0.717, 1.165) is 25.9 Å². The van der Waals surface area contributed by atoms with Crippen molar-refractivity contribution in [3.05, 3.63) is 23.3 Å². The molecular formula is C14H19F2NO2. The number of alkyl halides is 2. The molecule has 0 unspecified atom stereocenters. The van der Waals surface area contributed by atoms with Crippen LogP contribution in [0.1, 0.15) is 36.3 Å². The molecule has 1 fully saturated rings. The second kappa shape index (κ2) is 6.19. The average molecular weight is 271 g/mol. The molecule has 1 N–H and O–H groups in total. The molecule has 106 valence electrons. The number of benzene rings is 1. The molecule has 0 radical (unpaired) electrons. The molecule has 0 aromatic heterocycles. The number of ether oxygens (including phenoxy) is 2. The van der Waals surface area contributed by atoms with Crippen molar-refractivity contribution in [1.82, 2.24) is 5.32 Å². The lowest BCUT2D eigenvalue weighted by Crippen LogP contribution is -2.27. The van der Waals surface area contributed by atoms with Crippen LogP contribution in [0.3, 0.4) is 0 Å². The van der Waals surface area contributed by atoms with Crippen LogP contribution in [-0.2, 0) is 0 Å². The van der Waals surface area contributed by atoms with Crippen molar-refractivity contribution < 1.29 is 18.3 Å². The Hall–Kier alpha value is -1.36. The molecule has 19 heavy (non-hydrogen) atoms. The molecule has 1 aromatic rings. The molecule has 1 aromatic carbocycles. The van der Waals surface area contributed by atoms with E-state index >= 15 is 0 Å². The highest BCUT2D eigenvalue weighted by molar-refractivity contribution is 5.49. The number of hydrogen-bond donors (Lipinski definition) is 1. The summed E-state index contributed by atoms with van der Waals surface area (Å²) in [5.74, 6) is 1.03. The fourth-order valence-corrected chi connectivity index (χ4v) is 2.59. The van der Waals surface area contributed by atoms with Crippen molar-refractivity contribution in [2.75, 3.05) is 27.3 Å². The van der Waals surface area contributed by atoms with Crippen LogP contribution < -0.4 is 14.8 Å². The maximum absolute atomic E-state index is 13.2. The second-order valence-electron chi connectivity index (χ2n) is 4.66. The first-order chi connectivity index (χ1) is 9.17. The van der Waals surface area contributed by atoms with Gasteiger partial charge in [0.15, 0.2) is 11.5 Å². The first kappa shape index (κ1) is 14.1. The standard InChI is InChI=1S/C14H19F2NO2/c1-18-12-7-10(9-3-5-17-6-4-9)11(14(15)16)8-13(12)19-2/h7-9,14,17H,3-6H2,1-2H3. The molecule has 1 heterocycles. The van der Waals surface area contributed by atoms with Gasteiger partial charge < -0.3 is 14.8 Å². The van der Waals surface area contributed by atoms with Crippen molar-refractivity contribution in [3.8, 4) is 11.5 Å². The van der Waals surface area contributed by atoms with Gasteiger partial charge in [0.25, 0.3) is 6.43 Å². The van der Waals surface area contributed by atoms with Gasteiger partial charge in [-0.1, -0.05) is 0 Å². The fraction of sp³-hybridized carbons (Fsp3) is 0.571. The van der Waals surface area contributed by atoms with Crippen LogP contribution in [0.4, 0.5) is 8.78 Å². The summed E-state index contributed by atoms with van der Waals surface area (Å²) in [4.78, 5) is 0. The summed E-state index contributed by atoms with van der Waals surface area (Å²) < 4.78 is 36.8. The molecule has 0 aliphatic carbocycles. The first-order valence-electron chi connectivity index (χ1n) is 6.42. The van der Waals surface area contributed by atoms with Gasteiger partial charge >= 0.3 is 0 Å². The van der Waals surface area contributed by atoms with E-state index in [1.54, 1.807) is 6.07 Å². The highest BCUT2D eigenvalue weighted by Crippen LogP contribution is 2.40. The van der Waals surface area contributed by atoms with E-state index in [4.69, 9.17) is 9.47 Å². The normalized spacial score (nSPS) is 16.7. The summed E-state index contributed by atoms with van der Waals surface area (Å²) in [6, 6.07) is 3.11. The summed E-state index contributed by atoms with van der Waals surface area (Å²) in [6.45, 7) is 1.73. The number of methoxy groups -OCH3 is 2. The van der Waals surface area contributed by atoms with Gasteiger partial charge in [-0.15, -0.1) is 0 Å². The molecule has 3 nitrogen and oxygen atoms in total. The number of piperidine rings is 1. The largest absolute Gasteiger partial charge is 0.493 e. The molecule has 0 saturated carbocycles. The van der Waals surface area contributed by atoms with Crippen LogP contribution in [0.15, 0.2) is 12.1 Å². The van der Waals surface area contributed by atoms with E-state index in [1.165, 1.54) is 20.3 Å². The van der Waals surface area contributed by atoms with Crippen LogP contribution in [0, 0.1) is 0 Å². The van der Waals surface area contributed by atoms with Crippen LogP contribution in [-0.4, -0.2) is 27.3 Å². The molecule has 0 spiro atoms. The van der Waals surface area contributed by atoms with E-state index in [9.17, 15) is 8.78 Å². The van der Waals surface area contributed by atoms with Gasteiger partial charge in [-0.3, -0.25) is 0 Å². The van der Waals surface area contributed by atoms with Gasteiger partial charge in [-0.2, -0.15) is 0 Å². The average Bonchev–Trinajstić information content (AvgIpc) is 2.46. The van der Waals surface area contributed by atoms with E-state index in [-0.39, 0.29) is 11.5 Å². The van der Waals surface area contributed by atoms with Crippen LogP contribution in [0.5, 0.6) is 11.5 Å². The number of hydrogen-bond acceptors (Lipinski definition) is 3. The third-order valence-electron chi connectivity index (χ3n) is 3.60. The monoisotopic (exact) mass is 271 g/mol. The topological polar surface area (TPSA) is 30.5 Å². The number of halogens is 2. The molecule has 2 rings (SSSR count). The van der Waals surface area contributed by atoms with E-state index < -0.39 is 6.43 Å². The predicted octanol–water partition coefficient (Wildman–Crippen LogP) is 3.11. The van der Waals surface area contributed by atoms with E-state index in [1.807, 2.05) is 0 Å². The van der Waals surface area contributed by atoms with E-state index in [2.05, 4.69) is 5.32 Å². The zero-order chi connectivity index (χ0) is 13.8. The molecule has 1 saturated heterocycles. The quantitative estimate of drug-likeness (QED) is 0.912. The molecule has 0 amide bonds. The van der Waals surface area contributed by atoms with Gasteiger partial charge in [0, 0.05) is 5.56 Å². The Morgan fingerprint density at radius 2 is 1.68 bits per heavy atom. The van der Waals surface area contributed by atoms with Crippen molar-refractivity contribution in [2.24, 2.45) is 0 Å². The molecule has 0 atom stereocenters. The fourth-order valence-electron chi connectivity index (χ4n) is 2.59. The third-order valence-corrected chi connectivity index (χ3v) is 3.60. The van der Waals surface area contributed by atoms with Crippen molar-refractivity contribution in [2.45, 2.75) is 25.2 Å². The van der Waals surface area contributed by atoms with Gasteiger partial charge in [0.1, 0.15) is 0 Å². The zero-order valence-corrected chi connectivity index (χ0v) is 11.2. The lowest BCUT2D eigenvalue weighted by Gasteiger charge is -2.26. The predicted molar refractivity (Wildman–Crippen MR) is 69.3 cm³/mol. The van der Waals surface area contributed by atoms with Crippen molar-refractivity contribution >= 4 is 0 Å². The Balaban J connectivity index is 2.43. The highest BCUT2D eigenvalue weighted by atomic mass is 19.3. The Kier molecular flexibility index (Phi) is 4.58. The van der Waals surface area contributed by atoms with Crippen molar-refractivity contribution in [3.63, 3.8) is 0 Å². The van der Waals surface area contributed by atoms with Gasteiger partial charge in [0.2, 0.25) is 0 Å². The minimum Gasteiger partial charge on any atom is -0.493 e. The van der Waals surface area contributed by atoms with E-state index in [0.29, 0.717) is 17.1 Å². The van der Waals surface area contributed by atoms with Gasteiger partial charge in [0.05, 0.1) is 14.2 Å². The summed E-state index contributed by atoms with van der Waals surface area (Å²) in [6.07, 6.45) is -0.755. The minimum atomic E-state index is -2.50. The molecular weight excluding hydrogens is 252 g/mol. The smallest absolute Gasteiger partial charge is 0.264 e. The lowest BCUT2D eigenvalue weighted by molar-refractivity contribution is 0.148. The number of nitrogens with one attached hydrogen (secondary N) is 1. The summed E-state index contributed by atoms with van der Waals surface area (Å²) in [5.41, 5.74) is 0.749. The van der Waals surface area contributed by atoms with Gasteiger partial charge in [-0.05, 0) is 49.5 Å². The summed E-state index contributed by atoms with van der Waals surface area (Å²) in [5, 5.41) is 3.24. The number of rotatable bonds is 4. The van der Waals surface area contributed by atoms with Gasteiger partial charge in [-0.25, -0.2) is 8.78 Å². The zero-order valence-electron chi connectivity index (χ0n) is 11.2. The molecule has 5 heteroatoms. The maximum atomic E-state index is 13.2. The maximum Gasteiger partial charge on any atom is 0.264 e. The second-order valence-corrected chi connectivity index (χ2v) is 4.66. The summed E-state index contributed by atoms with van der Waals surface area (Å²) in [7, 11) is 2.98. The highest BCUT2D eigenvalue weighted by Gasteiger charge is 2.24. The Bertz CT molecular complexity index is 432. The third kappa shape index (κ3) is 2.97. The van der Waals surface area contributed by atoms with Crippen LogP contribution >= 0.6 is 0 Å².